The molecule has 1 heterocycles. The lowest BCUT2D eigenvalue weighted by atomic mass is 10.1. The van der Waals surface area contributed by atoms with Gasteiger partial charge in [-0.3, -0.25) is 9.98 Å². The van der Waals surface area contributed by atoms with Crippen LogP contribution in [0.3, 0.4) is 0 Å². The molecule has 0 aromatic carbocycles. The first-order valence-electron chi connectivity index (χ1n) is 6.46. The van der Waals surface area contributed by atoms with E-state index in [2.05, 4.69) is 43.5 Å². The highest BCUT2D eigenvalue weighted by Crippen LogP contribution is 2.11. The summed E-state index contributed by atoms with van der Waals surface area (Å²) >= 11 is 0. The van der Waals surface area contributed by atoms with Crippen LogP contribution >= 0.6 is 0 Å². The Bertz CT molecular complexity index is 371. The van der Waals surface area contributed by atoms with Crippen LogP contribution in [0.15, 0.2) is 29.4 Å². The number of pyridine rings is 1. The number of rotatable bonds is 6. The molecule has 0 aliphatic carbocycles. The number of hydrogen-bond donors (Lipinski definition) is 0. The van der Waals surface area contributed by atoms with Gasteiger partial charge in [0, 0.05) is 12.4 Å². The molecule has 0 saturated heterocycles. The first-order valence-corrected chi connectivity index (χ1v) is 9.87. The van der Waals surface area contributed by atoms with E-state index < -0.39 is 8.32 Å². The highest BCUT2D eigenvalue weighted by molar-refractivity contribution is 6.69. The van der Waals surface area contributed by atoms with Crippen molar-refractivity contribution in [3.05, 3.63) is 30.1 Å². The number of aliphatic imine (C=N–C) groups is 1. The van der Waals surface area contributed by atoms with Crippen molar-refractivity contribution in [2.45, 2.75) is 39.5 Å². The van der Waals surface area contributed by atoms with E-state index >= 15 is 0 Å². The van der Waals surface area contributed by atoms with Crippen molar-refractivity contribution >= 4 is 14.5 Å². The van der Waals surface area contributed by atoms with Crippen LogP contribution in [-0.4, -0.2) is 32.2 Å². The predicted molar refractivity (Wildman–Crippen MR) is 79.8 cm³/mol. The molecule has 0 unspecified atom stereocenters. The van der Waals surface area contributed by atoms with Crippen LogP contribution in [0.2, 0.25) is 19.6 Å². The highest BCUT2D eigenvalue weighted by atomic mass is 28.4. The van der Waals surface area contributed by atoms with E-state index in [1.54, 1.807) is 6.20 Å². The van der Waals surface area contributed by atoms with Crippen molar-refractivity contribution in [3.8, 4) is 0 Å². The summed E-state index contributed by atoms with van der Waals surface area (Å²) in [6.45, 7) is 11.7. The maximum Gasteiger partial charge on any atom is 0.183 e. The molecule has 4 heteroatoms. The van der Waals surface area contributed by atoms with Gasteiger partial charge < -0.3 is 4.43 Å². The van der Waals surface area contributed by atoms with E-state index in [4.69, 9.17) is 4.43 Å². The smallest absolute Gasteiger partial charge is 0.183 e. The summed E-state index contributed by atoms with van der Waals surface area (Å²) in [5.41, 5.74) is 0.899. The molecule has 1 atom stereocenters. The Balaban J connectivity index is 2.61. The van der Waals surface area contributed by atoms with Crippen molar-refractivity contribution in [1.29, 1.82) is 0 Å². The Morgan fingerprint density at radius 2 is 2.06 bits per heavy atom. The van der Waals surface area contributed by atoms with Gasteiger partial charge in [-0.1, -0.05) is 19.9 Å². The van der Waals surface area contributed by atoms with E-state index in [0.717, 1.165) is 5.69 Å². The Morgan fingerprint density at radius 3 is 2.56 bits per heavy atom. The molecule has 1 rings (SSSR count). The third kappa shape index (κ3) is 6.07. The predicted octanol–water partition coefficient (Wildman–Crippen LogP) is 3.38. The standard InChI is InChI=1S/C14H24N2OSi/c1-12(2)14(11-17-18(3,4)5)16-10-13-8-6-7-9-15-13/h6-10,12,14H,11H2,1-5H3/b16-10+/t14-/m0/s1. The molecule has 0 aliphatic heterocycles. The fourth-order valence-corrected chi connectivity index (χ4v) is 2.04. The average molecular weight is 264 g/mol. The summed E-state index contributed by atoms with van der Waals surface area (Å²) < 4.78 is 5.95. The van der Waals surface area contributed by atoms with Gasteiger partial charge in [0.1, 0.15) is 0 Å². The van der Waals surface area contributed by atoms with E-state index in [0.29, 0.717) is 12.5 Å². The lowest BCUT2D eigenvalue weighted by molar-refractivity contribution is 0.255. The van der Waals surface area contributed by atoms with Gasteiger partial charge in [0.05, 0.1) is 18.3 Å². The van der Waals surface area contributed by atoms with Crippen molar-refractivity contribution in [3.63, 3.8) is 0 Å². The summed E-state index contributed by atoms with van der Waals surface area (Å²) in [6.07, 6.45) is 3.63. The monoisotopic (exact) mass is 264 g/mol. The first-order chi connectivity index (χ1) is 8.38. The van der Waals surface area contributed by atoms with Crippen LogP contribution in [0.1, 0.15) is 19.5 Å². The second kappa shape index (κ2) is 6.80. The van der Waals surface area contributed by atoms with E-state index in [-0.39, 0.29) is 6.04 Å². The van der Waals surface area contributed by atoms with Crippen LogP contribution in [0, 0.1) is 5.92 Å². The van der Waals surface area contributed by atoms with Gasteiger partial charge in [0.15, 0.2) is 8.32 Å². The van der Waals surface area contributed by atoms with Crippen LogP contribution in [0.5, 0.6) is 0 Å². The molecule has 0 aliphatic rings. The average Bonchev–Trinajstić information content (AvgIpc) is 2.28. The summed E-state index contributed by atoms with van der Waals surface area (Å²) in [5.74, 6) is 0.473. The minimum absolute atomic E-state index is 0.207. The second-order valence-corrected chi connectivity index (χ2v) is 10.3. The van der Waals surface area contributed by atoms with E-state index in [1.807, 2.05) is 24.4 Å². The quantitative estimate of drug-likeness (QED) is 0.583. The lowest BCUT2D eigenvalue weighted by Gasteiger charge is -2.23. The maximum absolute atomic E-state index is 5.95. The zero-order valence-electron chi connectivity index (χ0n) is 12.1. The van der Waals surface area contributed by atoms with Gasteiger partial charge in [0.2, 0.25) is 0 Å². The topological polar surface area (TPSA) is 34.5 Å². The molecule has 100 valence electrons. The van der Waals surface area contributed by atoms with Gasteiger partial charge in [-0.25, -0.2) is 0 Å². The normalized spacial score (nSPS) is 14.3. The minimum Gasteiger partial charge on any atom is -0.415 e. The zero-order chi connectivity index (χ0) is 13.6. The second-order valence-electron chi connectivity index (χ2n) is 5.77. The fraction of sp³-hybridized carbons (Fsp3) is 0.571. The Kier molecular flexibility index (Phi) is 5.69. The van der Waals surface area contributed by atoms with Gasteiger partial charge in [-0.2, -0.15) is 0 Å². The zero-order valence-corrected chi connectivity index (χ0v) is 13.1. The van der Waals surface area contributed by atoms with Gasteiger partial charge in [0.25, 0.3) is 0 Å². The number of nitrogens with zero attached hydrogens (tertiary/aromatic N) is 2. The van der Waals surface area contributed by atoms with Gasteiger partial charge >= 0.3 is 0 Å². The molecule has 0 fully saturated rings. The van der Waals surface area contributed by atoms with Gasteiger partial charge in [-0.15, -0.1) is 0 Å². The molecule has 0 spiro atoms. The molecular weight excluding hydrogens is 240 g/mol. The molecule has 18 heavy (non-hydrogen) atoms. The SMILES string of the molecule is CC(C)[C@H](CO[Si](C)(C)C)/N=C/c1ccccn1. The van der Waals surface area contributed by atoms with Crippen molar-refractivity contribution < 1.29 is 4.43 Å². The number of hydrogen-bond acceptors (Lipinski definition) is 3. The molecule has 0 saturated carbocycles. The molecular formula is C14H24N2OSi. The summed E-state index contributed by atoms with van der Waals surface area (Å²) in [5, 5.41) is 0. The van der Waals surface area contributed by atoms with Crippen molar-refractivity contribution in [1.82, 2.24) is 4.98 Å². The minimum atomic E-state index is -1.46. The van der Waals surface area contributed by atoms with Crippen LogP contribution < -0.4 is 0 Å². The Morgan fingerprint density at radius 1 is 1.33 bits per heavy atom. The van der Waals surface area contributed by atoms with Gasteiger partial charge in [-0.05, 0) is 37.7 Å². The number of aromatic nitrogens is 1. The first kappa shape index (κ1) is 15.1. The Labute approximate surface area is 111 Å². The molecule has 1 aromatic heterocycles. The summed E-state index contributed by atoms with van der Waals surface area (Å²) in [7, 11) is -1.46. The summed E-state index contributed by atoms with van der Waals surface area (Å²) in [4.78, 5) is 8.84. The lowest BCUT2D eigenvalue weighted by Crippen LogP contribution is -2.31. The van der Waals surface area contributed by atoms with Crippen molar-refractivity contribution in [2.24, 2.45) is 10.9 Å². The Hall–Kier alpha value is -1.00. The van der Waals surface area contributed by atoms with E-state index in [1.165, 1.54) is 0 Å². The summed E-state index contributed by atoms with van der Waals surface area (Å²) in [6, 6.07) is 6.04. The maximum atomic E-state index is 5.95. The van der Waals surface area contributed by atoms with Crippen LogP contribution in [-0.2, 0) is 4.43 Å². The molecule has 0 amide bonds. The van der Waals surface area contributed by atoms with Crippen molar-refractivity contribution in [2.75, 3.05) is 6.61 Å². The largest absolute Gasteiger partial charge is 0.415 e. The third-order valence-corrected chi connectivity index (χ3v) is 3.58. The third-order valence-electron chi connectivity index (χ3n) is 2.54. The molecule has 0 radical (unpaired) electrons. The molecule has 3 nitrogen and oxygen atoms in total. The van der Waals surface area contributed by atoms with Crippen LogP contribution in [0.4, 0.5) is 0 Å². The highest BCUT2D eigenvalue weighted by Gasteiger charge is 2.19. The fourth-order valence-electron chi connectivity index (χ4n) is 1.37. The molecule has 1 aromatic rings. The van der Waals surface area contributed by atoms with E-state index in [9.17, 15) is 0 Å². The van der Waals surface area contributed by atoms with Crippen LogP contribution in [0.25, 0.3) is 0 Å². The molecule has 0 N–H and O–H groups in total. The molecule has 0 bridgehead atoms.